The molecule has 1 N–H and O–H groups in total. The van der Waals surface area contributed by atoms with Gasteiger partial charge in [-0.2, -0.15) is 0 Å². The van der Waals surface area contributed by atoms with E-state index in [1.807, 2.05) is 6.07 Å². The quantitative estimate of drug-likeness (QED) is 0.518. The van der Waals surface area contributed by atoms with E-state index in [1.54, 1.807) is 18.2 Å². The van der Waals surface area contributed by atoms with Gasteiger partial charge in [-0.3, -0.25) is 29.7 Å². The van der Waals surface area contributed by atoms with Crippen LogP contribution in [0.25, 0.3) is 10.8 Å². The molecule has 9 heteroatoms. The molecule has 0 aliphatic carbocycles. The topological polar surface area (TPSA) is 104 Å². The first-order chi connectivity index (χ1) is 13.7. The smallest absolute Gasteiger partial charge is 0.275 e. The van der Waals surface area contributed by atoms with Gasteiger partial charge in [-0.25, -0.2) is 0 Å². The van der Waals surface area contributed by atoms with Crippen molar-refractivity contribution in [3.05, 3.63) is 80.9 Å². The van der Waals surface area contributed by atoms with Crippen molar-refractivity contribution in [1.29, 1.82) is 0 Å². The van der Waals surface area contributed by atoms with Crippen LogP contribution in [0, 0.1) is 10.1 Å². The fourth-order valence-electron chi connectivity index (χ4n) is 2.81. The molecule has 148 valence electrons. The van der Waals surface area contributed by atoms with Crippen molar-refractivity contribution < 1.29 is 19.6 Å². The number of phenolic OH excluding ortho intramolecular Hbond substituents is 1. The highest BCUT2D eigenvalue weighted by molar-refractivity contribution is 6.34. The lowest BCUT2D eigenvalue weighted by Crippen LogP contribution is -2.45. The molecule has 2 amide bonds. The first-order valence-electron chi connectivity index (χ1n) is 8.42. The van der Waals surface area contributed by atoms with Gasteiger partial charge in [0.05, 0.1) is 21.1 Å². The van der Waals surface area contributed by atoms with Crippen LogP contribution in [0.2, 0.25) is 5.02 Å². The number of nitrogens with zero attached hydrogens (tertiary/aromatic N) is 3. The number of benzene rings is 3. The summed E-state index contributed by atoms with van der Waals surface area (Å²) in [7, 11) is 2.67. The molecular weight excluding hydrogens is 398 g/mol. The summed E-state index contributed by atoms with van der Waals surface area (Å²) in [5.41, 5.74) is -0.408. The molecule has 0 bridgehead atoms. The zero-order valence-corrected chi connectivity index (χ0v) is 16.3. The van der Waals surface area contributed by atoms with Gasteiger partial charge in [0, 0.05) is 26.2 Å². The van der Waals surface area contributed by atoms with E-state index in [0.29, 0.717) is 0 Å². The number of carbonyl (C=O) groups is 2. The minimum atomic E-state index is -0.713. The van der Waals surface area contributed by atoms with Gasteiger partial charge in [0.25, 0.3) is 17.5 Å². The Morgan fingerprint density at radius 1 is 0.931 bits per heavy atom. The first-order valence-corrected chi connectivity index (χ1v) is 8.80. The van der Waals surface area contributed by atoms with E-state index in [2.05, 4.69) is 0 Å². The van der Waals surface area contributed by atoms with Crippen molar-refractivity contribution >= 4 is 39.9 Å². The first kappa shape index (κ1) is 20.1. The van der Waals surface area contributed by atoms with Gasteiger partial charge in [-0.15, -0.1) is 0 Å². The Bertz CT molecular complexity index is 1150. The van der Waals surface area contributed by atoms with Crippen LogP contribution in [0.1, 0.15) is 20.7 Å². The Morgan fingerprint density at radius 3 is 2.07 bits per heavy atom. The molecule has 0 heterocycles. The Labute approximate surface area is 170 Å². The Morgan fingerprint density at radius 2 is 1.48 bits per heavy atom. The van der Waals surface area contributed by atoms with Crippen LogP contribution in [-0.2, 0) is 0 Å². The number of amides is 2. The van der Waals surface area contributed by atoms with E-state index in [9.17, 15) is 24.8 Å². The maximum atomic E-state index is 12.9. The zero-order chi connectivity index (χ0) is 21.3. The van der Waals surface area contributed by atoms with Crippen LogP contribution in [0.5, 0.6) is 5.75 Å². The largest absolute Gasteiger partial charge is 0.507 e. The van der Waals surface area contributed by atoms with Crippen LogP contribution >= 0.6 is 11.6 Å². The highest BCUT2D eigenvalue weighted by Gasteiger charge is 2.26. The van der Waals surface area contributed by atoms with Gasteiger partial charge in [0.1, 0.15) is 5.75 Å². The number of hydrogen-bond donors (Lipinski definition) is 1. The van der Waals surface area contributed by atoms with Crippen molar-refractivity contribution in [3.63, 3.8) is 0 Å². The normalized spacial score (nSPS) is 10.6. The summed E-state index contributed by atoms with van der Waals surface area (Å²) in [6.07, 6.45) is 0. The highest BCUT2D eigenvalue weighted by Crippen LogP contribution is 2.27. The lowest BCUT2D eigenvalue weighted by atomic mass is 10.1. The van der Waals surface area contributed by atoms with Crippen LogP contribution < -0.4 is 0 Å². The summed E-state index contributed by atoms with van der Waals surface area (Å²) in [6, 6.07) is 13.7. The predicted molar refractivity (Wildman–Crippen MR) is 108 cm³/mol. The maximum Gasteiger partial charge on any atom is 0.275 e. The van der Waals surface area contributed by atoms with Crippen molar-refractivity contribution in [3.8, 4) is 5.75 Å². The fraction of sp³-hybridized carbons (Fsp3) is 0.100. The Balaban J connectivity index is 1.92. The molecule has 0 radical (unpaired) electrons. The summed E-state index contributed by atoms with van der Waals surface area (Å²) >= 11 is 6.02. The SMILES string of the molecule is CN(C(=O)c1cc2ccccc2cc1O)N(C)C(=O)c1cc([N+](=O)[O-])ccc1Cl. The molecule has 0 aliphatic heterocycles. The van der Waals surface area contributed by atoms with E-state index >= 15 is 0 Å². The standard InChI is InChI=1S/C20H16ClN3O5/c1-22(19(26)15-11-14(24(28)29)7-8-17(15)21)23(2)20(27)16-9-12-5-3-4-6-13(12)10-18(16)25/h3-11,25H,1-2H3. The van der Waals surface area contributed by atoms with Crippen LogP contribution in [-0.4, -0.2) is 46.0 Å². The molecule has 0 spiro atoms. The maximum absolute atomic E-state index is 12.9. The minimum absolute atomic E-state index is 0.0102. The fourth-order valence-corrected chi connectivity index (χ4v) is 3.01. The number of phenols is 1. The average molecular weight is 414 g/mol. The molecule has 0 aliphatic rings. The van der Waals surface area contributed by atoms with E-state index in [0.717, 1.165) is 26.9 Å². The van der Waals surface area contributed by atoms with Crippen molar-refractivity contribution in [2.75, 3.05) is 14.1 Å². The number of nitro groups is 1. The number of hydrogen-bond acceptors (Lipinski definition) is 5. The number of non-ortho nitro benzene ring substituents is 1. The van der Waals surface area contributed by atoms with E-state index in [1.165, 1.54) is 38.4 Å². The summed E-state index contributed by atoms with van der Waals surface area (Å²) in [5, 5.41) is 24.7. The van der Waals surface area contributed by atoms with Gasteiger partial charge >= 0.3 is 0 Å². The predicted octanol–water partition coefficient (Wildman–Crippen LogP) is 3.87. The molecule has 0 saturated carbocycles. The van der Waals surface area contributed by atoms with Gasteiger partial charge in [-0.05, 0) is 29.0 Å². The zero-order valence-electron chi connectivity index (χ0n) is 15.5. The summed E-state index contributed by atoms with van der Waals surface area (Å²) < 4.78 is 0. The van der Waals surface area contributed by atoms with E-state index in [-0.39, 0.29) is 27.6 Å². The molecule has 0 fully saturated rings. The number of carbonyl (C=O) groups excluding carboxylic acids is 2. The second-order valence-electron chi connectivity index (χ2n) is 6.30. The van der Waals surface area contributed by atoms with Gasteiger partial charge in [-0.1, -0.05) is 35.9 Å². The molecule has 3 rings (SSSR count). The molecule has 0 unspecified atom stereocenters. The number of fused-ring (bicyclic) bond motifs is 1. The molecule has 3 aromatic rings. The lowest BCUT2D eigenvalue weighted by Gasteiger charge is -2.28. The highest BCUT2D eigenvalue weighted by atomic mass is 35.5. The summed E-state index contributed by atoms with van der Waals surface area (Å²) in [6.45, 7) is 0. The van der Waals surface area contributed by atoms with Gasteiger partial charge in [0.15, 0.2) is 0 Å². The third-order valence-electron chi connectivity index (χ3n) is 4.52. The van der Waals surface area contributed by atoms with Crippen molar-refractivity contribution in [1.82, 2.24) is 10.0 Å². The number of rotatable bonds is 3. The number of halogens is 1. The molecule has 29 heavy (non-hydrogen) atoms. The minimum Gasteiger partial charge on any atom is -0.507 e. The molecule has 8 nitrogen and oxygen atoms in total. The van der Waals surface area contributed by atoms with E-state index < -0.39 is 16.7 Å². The van der Waals surface area contributed by atoms with E-state index in [4.69, 9.17) is 11.6 Å². The second-order valence-corrected chi connectivity index (χ2v) is 6.70. The van der Waals surface area contributed by atoms with Crippen molar-refractivity contribution in [2.24, 2.45) is 0 Å². The van der Waals surface area contributed by atoms with Crippen LogP contribution in [0.3, 0.4) is 0 Å². The Kier molecular flexibility index (Phi) is 5.38. The lowest BCUT2D eigenvalue weighted by molar-refractivity contribution is -0.384. The monoisotopic (exact) mass is 413 g/mol. The number of aromatic hydroxyl groups is 1. The van der Waals surface area contributed by atoms with Gasteiger partial charge in [0.2, 0.25) is 0 Å². The number of hydrazine groups is 1. The van der Waals surface area contributed by atoms with Gasteiger partial charge < -0.3 is 5.11 Å². The summed E-state index contributed by atoms with van der Waals surface area (Å²) in [4.78, 5) is 36.0. The second kappa shape index (κ2) is 7.76. The third-order valence-corrected chi connectivity index (χ3v) is 4.85. The molecule has 0 aromatic heterocycles. The van der Waals surface area contributed by atoms with Crippen LogP contribution in [0.15, 0.2) is 54.6 Å². The number of nitro benzene ring substituents is 1. The summed E-state index contributed by atoms with van der Waals surface area (Å²) in [5.74, 6) is -1.57. The third kappa shape index (κ3) is 3.83. The molecule has 0 atom stereocenters. The molecule has 3 aromatic carbocycles. The Hall–Kier alpha value is -3.65. The molecule has 0 saturated heterocycles. The molecular formula is C20H16ClN3O5. The van der Waals surface area contributed by atoms with Crippen molar-refractivity contribution in [2.45, 2.75) is 0 Å². The van der Waals surface area contributed by atoms with Crippen LogP contribution in [0.4, 0.5) is 5.69 Å². The average Bonchev–Trinajstić information content (AvgIpc) is 2.71.